The van der Waals surface area contributed by atoms with Crippen molar-refractivity contribution in [3.8, 4) is 0 Å². The summed E-state index contributed by atoms with van der Waals surface area (Å²) in [6.45, 7) is 8.45. The fraction of sp³-hybridized carbons (Fsp3) is 0.375. The SMILES string of the molecule is Cc1ccccc1Cc1nc(Cl)c(Br)c(C(C)(C)C)n1. The van der Waals surface area contributed by atoms with E-state index in [-0.39, 0.29) is 5.41 Å². The molecule has 106 valence electrons. The van der Waals surface area contributed by atoms with Gasteiger partial charge in [-0.1, -0.05) is 56.6 Å². The van der Waals surface area contributed by atoms with Crippen molar-refractivity contribution in [1.82, 2.24) is 9.97 Å². The Hall–Kier alpha value is -0.930. The zero-order valence-corrected chi connectivity index (χ0v) is 14.5. The van der Waals surface area contributed by atoms with E-state index in [2.05, 4.69) is 60.7 Å². The molecule has 1 heterocycles. The van der Waals surface area contributed by atoms with Gasteiger partial charge < -0.3 is 0 Å². The van der Waals surface area contributed by atoms with Crippen LogP contribution in [-0.4, -0.2) is 9.97 Å². The minimum atomic E-state index is -0.0775. The first kappa shape index (κ1) is 15.5. The van der Waals surface area contributed by atoms with Crippen molar-refractivity contribution in [2.24, 2.45) is 0 Å². The molecule has 0 radical (unpaired) electrons. The highest BCUT2D eigenvalue weighted by atomic mass is 79.9. The lowest BCUT2D eigenvalue weighted by atomic mass is 9.92. The van der Waals surface area contributed by atoms with Crippen LogP contribution < -0.4 is 0 Å². The fourth-order valence-corrected chi connectivity index (χ4v) is 2.98. The number of hydrogen-bond donors (Lipinski definition) is 0. The van der Waals surface area contributed by atoms with Gasteiger partial charge in [-0.05, 0) is 34.0 Å². The summed E-state index contributed by atoms with van der Waals surface area (Å²) in [5.74, 6) is 0.762. The van der Waals surface area contributed by atoms with Crippen molar-refractivity contribution in [2.45, 2.75) is 39.5 Å². The van der Waals surface area contributed by atoms with Crippen molar-refractivity contribution >= 4 is 27.5 Å². The van der Waals surface area contributed by atoms with Gasteiger partial charge in [-0.2, -0.15) is 0 Å². The zero-order chi connectivity index (χ0) is 14.9. The number of hydrogen-bond acceptors (Lipinski definition) is 2. The molecule has 0 aliphatic rings. The van der Waals surface area contributed by atoms with Gasteiger partial charge in [0.15, 0.2) is 0 Å². The third kappa shape index (κ3) is 3.39. The molecule has 0 aliphatic carbocycles. The smallest absolute Gasteiger partial charge is 0.147 e. The van der Waals surface area contributed by atoms with Gasteiger partial charge in [0.25, 0.3) is 0 Å². The first-order valence-electron chi connectivity index (χ1n) is 6.56. The molecule has 0 aliphatic heterocycles. The number of aromatic nitrogens is 2. The van der Waals surface area contributed by atoms with Gasteiger partial charge in [0, 0.05) is 11.8 Å². The molecule has 0 saturated heterocycles. The van der Waals surface area contributed by atoms with E-state index in [9.17, 15) is 0 Å². The van der Waals surface area contributed by atoms with Gasteiger partial charge in [0.1, 0.15) is 11.0 Å². The van der Waals surface area contributed by atoms with Crippen LogP contribution in [0.15, 0.2) is 28.7 Å². The molecule has 0 spiro atoms. The second-order valence-corrected chi connectivity index (χ2v) is 7.10. The summed E-state index contributed by atoms with van der Waals surface area (Å²) in [5.41, 5.74) is 3.34. The van der Waals surface area contributed by atoms with Gasteiger partial charge in [-0.25, -0.2) is 9.97 Å². The van der Waals surface area contributed by atoms with E-state index in [4.69, 9.17) is 16.6 Å². The Kier molecular flexibility index (Phi) is 4.50. The van der Waals surface area contributed by atoms with Crippen molar-refractivity contribution in [3.05, 3.63) is 56.5 Å². The minimum absolute atomic E-state index is 0.0775. The maximum atomic E-state index is 6.23. The van der Waals surface area contributed by atoms with Gasteiger partial charge in [0.05, 0.1) is 10.2 Å². The Balaban J connectivity index is 2.44. The highest BCUT2D eigenvalue weighted by molar-refractivity contribution is 9.10. The predicted octanol–water partition coefficient (Wildman–Crippen LogP) is 5.09. The monoisotopic (exact) mass is 352 g/mol. The molecule has 0 bridgehead atoms. The van der Waals surface area contributed by atoms with Gasteiger partial charge in [0.2, 0.25) is 0 Å². The van der Waals surface area contributed by atoms with E-state index in [1.807, 2.05) is 12.1 Å². The summed E-state index contributed by atoms with van der Waals surface area (Å²) in [4.78, 5) is 9.09. The standard InChI is InChI=1S/C16H18BrClN2/c1-10-7-5-6-8-11(10)9-12-19-14(16(2,3)4)13(17)15(18)20-12/h5-8H,9H2,1-4H3. The minimum Gasteiger partial charge on any atom is -0.236 e. The summed E-state index contributed by atoms with van der Waals surface area (Å²) >= 11 is 9.73. The molecule has 20 heavy (non-hydrogen) atoms. The van der Waals surface area contributed by atoms with Crippen LogP contribution >= 0.6 is 27.5 Å². The summed E-state index contributed by atoms with van der Waals surface area (Å²) in [7, 11) is 0. The Labute approximate surface area is 133 Å². The van der Waals surface area contributed by atoms with E-state index in [1.54, 1.807) is 0 Å². The molecule has 0 saturated carbocycles. The van der Waals surface area contributed by atoms with Crippen molar-refractivity contribution < 1.29 is 0 Å². The Morgan fingerprint density at radius 3 is 2.40 bits per heavy atom. The lowest BCUT2D eigenvalue weighted by Crippen LogP contribution is -2.17. The molecular weight excluding hydrogens is 336 g/mol. The molecule has 2 aromatic rings. The largest absolute Gasteiger partial charge is 0.236 e. The van der Waals surface area contributed by atoms with Gasteiger partial charge >= 0.3 is 0 Å². The summed E-state index contributed by atoms with van der Waals surface area (Å²) < 4.78 is 0.792. The third-order valence-corrected chi connectivity index (χ3v) is 4.43. The molecule has 4 heteroatoms. The summed E-state index contributed by atoms with van der Waals surface area (Å²) in [6.07, 6.45) is 0.697. The molecule has 0 unspecified atom stereocenters. The quantitative estimate of drug-likeness (QED) is 0.703. The average molecular weight is 354 g/mol. The van der Waals surface area contributed by atoms with Crippen LogP contribution in [0.1, 0.15) is 43.4 Å². The first-order valence-corrected chi connectivity index (χ1v) is 7.73. The number of benzene rings is 1. The van der Waals surface area contributed by atoms with Crippen molar-refractivity contribution in [2.75, 3.05) is 0 Å². The number of halogens is 2. The van der Waals surface area contributed by atoms with Crippen LogP contribution in [0.3, 0.4) is 0 Å². The zero-order valence-electron chi connectivity index (χ0n) is 12.2. The third-order valence-electron chi connectivity index (χ3n) is 3.18. The van der Waals surface area contributed by atoms with Crippen LogP contribution in [-0.2, 0) is 11.8 Å². The number of nitrogens with zero attached hydrogens (tertiary/aromatic N) is 2. The molecule has 0 amide bonds. The second-order valence-electron chi connectivity index (χ2n) is 5.95. The summed E-state index contributed by atoms with van der Waals surface area (Å²) in [5, 5.41) is 0.480. The van der Waals surface area contributed by atoms with Crippen LogP contribution in [0.5, 0.6) is 0 Å². The second kappa shape index (κ2) is 5.82. The predicted molar refractivity (Wildman–Crippen MR) is 87.4 cm³/mol. The van der Waals surface area contributed by atoms with Gasteiger partial charge in [-0.15, -0.1) is 0 Å². The van der Waals surface area contributed by atoms with Crippen LogP contribution in [0.25, 0.3) is 0 Å². The molecular formula is C16H18BrClN2. The molecule has 1 aromatic carbocycles. The number of rotatable bonds is 2. The fourth-order valence-electron chi connectivity index (χ4n) is 2.02. The number of aryl methyl sites for hydroxylation is 1. The lowest BCUT2D eigenvalue weighted by molar-refractivity contribution is 0.559. The maximum absolute atomic E-state index is 6.23. The highest BCUT2D eigenvalue weighted by Crippen LogP contribution is 2.32. The van der Waals surface area contributed by atoms with E-state index in [0.717, 1.165) is 16.0 Å². The molecule has 0 fully saturated rings. The van der Waals surface area contributed by atoms with Crippen LogP contribution in [0.2, 0.25) is 5.15 Å². The van der Waals surface area contributed by atoms with E-state index in [0.29, 0.717) is 11.6 Å². The van der Waals surface area contributed by atoms with E-state index < -0.39 is 0 Å². The molecule has 2 rings (SSSR count). The van der Waals surface area contributed by atoms with Crippen molar-refractivity contribution in [1.29, 1.82) is 0 Å². The molecule has 0 atom stereocenters. The van der Waals surface area contributed by atoms with Crippen LogP contribution in [0.4, 0.5) is 0 Å². The average Bonchev–Trinajstić information content (AvgIpc) is 2.35. The lowest BCUT2D eigenvalue weighted by Gasteiger charge is -2.20. The maximum Gasteiger partial charge on any atom is 0.147 e. The topological polar surface area (TPSA) is 25.8 Å². The highest BCUT2D eigenvalue weighted by Gasteiger charge is 2.22. The van der Waals surface area contributed by atoms with Crippen LogP contribution in [0, 0.1) is 6.92 Å². The first-order chi connectivity index (χ1) is 9.29. The Bertz CT molecular complexity index is 633. The summed E-state index contributed by atoms with van der Waals surface area (Å²) in [6, 6.07) is 8.27. The molecule has 2 nitrogen and oxygen atoms in total. The van der Waals surface area contributed by atoms with Gasteiger partial charge in [-0.3, -0.25) is 0 Å². The molecule has 0 N–H and O–H groups in total. The Morgan fingerprint density at radius 2 is 1.80 bits per heavy atom. The Morgan fingerprint density at radius 1 is 1.15 bits per heavy atom. The normalized spacial score (nSPS) is 11.7. The van der Waals surface area contributed by atoms with E-state index in [1.165, 1.54) is 11.1 Å². The van der Waals surface area contributed by atoms with E-state index >= 15 is 0 Å². The molecule has 1 aromatic heterocycles. The van der Waals surface area contributed by atoms with Crippen molar-refractivity contribution in [3.63, 3.8) is 0 Å².